The number of nitrogens with zero attached hydrogens (tertiary/aromatic N) is 2. The first-order valence-electron chi connectivity index (χ1n) is 7.99. The van der Waals surface area contributed by atoms with E-state index in [1.54, 1.807) is 13.8 Å². The van der Waals surface area contributed by atoms with Crippen LogP contribution in [-0.2, 0) is 4.79 Å². The molecule has 1 saturated heterocycles. The summed E-state index contributed by atoms with van der Waals surface area (Å²) in [6.45, 7) is 3.53. The van der Waals surface area contributed by atoms with Gasteiger partial charge in [-0.1, -0.05) is 13.8 Å². The van der Waals surface area contributed by atoms with Crippen molar-refractivity contribution in [3.63, 3.8) is 0 Å². The van der Waals surface area contributed by atoms with E-state index in [0.717, 1.165) is 0 Å². The fraction of sp³-hybridized carbons (Fsp3) is 0.500. The minimum absolute atomic E-state index is 0.0433. The highest BCUT2D eigenvalue weighted by atomic mass is 32.2. The fourth-order valence-corrected chi connectivity index (χ4v) is 3.86. The molecule has 1 atom stereocenters. The summed E-state index contributed by atoms with van der Waals surface area (Å²) < 4.78 is 68.8. The number of benzene rings is 1. The lowest BCUT2D eigenvalue weighted by atomic mass is 10.0. The third-order valence-electron chi connectivity index (χ3n) is 4.00. The smallest absolute Gasteiger partial charge is 0.256 e. The van der Waals surface area contributed by atoms with E-state index in [4.69, 9.17) is 17.3 Å². The molecule has 0 aliphatic carbocycles. The molecule has 150 valence electrons. The molecule has 0 radical (unpaired) electrons. The van der Waals surface area contributed by atoms with Crippen LogP contribution in [0.2, 0.25) is 0 Å². The lowest BCUT2D eigenvalue weighted by Crippen LogP contribution is -2.40. The van der Waals surface area contributed by atoms with Crippen LogP contribution < -0.4 is 4.90 Å². The number of carbonyl (C=O) groups is 1. The summed E-state index contributed by atoms with van der Waals surface area (Å²) in [5, 5.41) is 8.48. The van der Waals surface area contributed by atoms with Gasteiger partial charge in [0.2, 0.25) is 5.82 Å². The Morgan fingerprint density at radius 1 is 1.04 bits per heavy atom. The van der Waals surface area contributed by atoms with Crippen LogP contribution in [0.4, 0.5) is 27.6 Å². The predicted molar refractivity (Wildman–Crippen MR) is 96.1 cm³/mol. The van der Waals surface area contributed by atoms with E-state index >= 15 is 0 Å². The van der Waals surface area contributed by atoms with Crippen LogP contribution in [0.5, 0.6) is 0 Å². The maximum absolute atomic E-state index is 14.2. The van der Waals surface area contributed by atoms with Crippen LogP contribution in [0.25, 0.3) is 0 Å². The molecule has 1 aromatic carbocycles. The van der Waals surface area contributed by atoms with Gasteiger partial charge in [-0.15, -0.1) is 0 Å². The molecule has 1 unspecified atom stereocenters. The number of thioether (sulfide) groups is 1. The zero-order chi connectivity index (χ0) is 20.5. The number of hydrogen-bond acceptors (Lipinski definition) is 4. The van der Waals surface area contributed by atoms with Gasteiger partial charge in [-0.3, -0.25) is 4.79 Å². The minimum atomic E-state index is -2.30. The molecule has 1 aromatic rings. The minimum Gasteiger partial charge on any atom is -0.396 e. The second-order valence-corrected chi connectivity index (χ2v) is 7.68. The van der Waals surface area contributed by atoms with E-state index in [2.05, 4.69) is 0 Å². The first kappa shape index (κ1) is 21.8. The van der Waals surface area contributed by atoms with Crippen LogP contribution in [0.3, 0.4) is 0 Å². The van der Waals surface area contributed by atoms with Crippen molar-refractivity contribution in [2.24, 2.45) is 5.92 Å². The number of hydrogen-bond donors (Lipinski definition) is 1. The molecule has 0 spiro atoms. The average molecular weight is 428 g/mol. The molecule has 1 aliphatic rings. The molecule has 1 fully saturated rings. The van der Waals surface area contributed by atoms with Gasteiger partial charge in [-0.25, -0.2) is 26.9 Å². The maximum Gasteiger partial charge on any atom is 0.256 e. The van der Waals surface area contributed by atoms with Crippen molar-refractivity contribution in [3.8, 4) is 0 Å². The Labute approximate surface area is 162 Å². The molecule has 0 aromatic heterocycles. The molecule has 4 nitrogen and oxygen atoms in total. The second kappa shape index (κ2) is 8.70. The van der Waals surface area contributed by atoms with Crippen molar-refractivity contribution in [3.05, 3.63) is 29.1 Å². The van der Waals surface area contributed by atoms with E-state index in [9.17, 15) is 26.7 Å². The summed E-state index contributed by atoms with van der Waals surface area (Å²) in [6, 6.07) is -0.901. The number of amides is 1. The monoisotopic (exact) mass is 428 g/mol. The highest BCUT2D eigenvalue weighted by Crippen LogP contribution is 2.35. The van der Waals surface area contributed by atoms with Crippen molar-refractivity contribution in [1.29, 1.82) is 0 Å². The molecule has 2 rings (SSSR count). The Morgan fingerprint density at radius 2 is 1.56 bits per heavy atom. The Hall–Kier alpha value is -1.46. The molecule has 1 aliphatic heterocycles. The summed E-state index contributed by atoms with van der Waals surface area (Å²) in [5.41, 5.74) is -1.36. The van der Waals surface area contributed by atoms with Gasteiger partial charge in [-0.2, -0.15) is 11.8 Å². The van der Waals surface area contributed by atoms with Crippen molar-refractivity contribution >= 4 is 40.7 Å². The largest absolute Gasteiger partial charge is 0.396 e. The van der Waals surface area contributed by atoms with Gasteiger partial charge in [0.25, 0.3) is 5.91 Å². The molecule has 27 heavy (non-hydrogen) atoms. The maximum atomic E-state index is 14.2. The van der Waals surface area contributed by atoms with Crippen molar-refractivity contribution in [2.45, 2.75) is 19.9 Å². The SMILES string of the molecule is CC(C)C1C(=O)N(c2c(F)c(F)c(F)c(F)c2F)C(=S)N1CCSCCO. The van der Waals surface area contributed by atoms with Crippen LogP contribution >= 0.6 is 24.0 Å². The standard InChI is InChI=1S/C16H17F5N2O2S2/c1-7(2)13-15(25)23(16(26)22(13)3-5-27-6-4-24)14-11(20)9(18)8(17)10(19)12(14)21/h7,13,24H,3-6H2,1-2H3. The molecule has 1 amide bonds. The average Bonchev–Trinajstić information content (AvgIpc) is 2.86. The van der Waals surface area contributed by atoms with Gasteiger partial charge in [0.05, 0.1) is 6.61 Å². The molecule has 1 N–H and O–H groups in total. The number of carbonyl (C=O) groups excluding carboxylic acids is 1. The Morgan fingerprint density at radius 3 is 2.04 bits per heavy atom. The third-order valence-corrected chi connectivity index (χ3v) is 5.36. The molecule has 0 saturated carbocycles. The van der Waals surface area contributed by atoms with Crippen molar-refractivity contribution < 1.29 is 31.9 Å². The molecule has 0 bridgehead atoms. The zero-order valence-corrected chi connectivity index (χ0v) is 16.1. The molecular weight excluding hydrogens is 411 g/mol. The van der Waals surface area contributed by atoms with Gasteiger partial charge in [0.15, 0.2) is 28.4 Å². The van der Waals surface area contributed by atoms with E-state index in [-0.39, 0.29) is 24.2 Å². The number of aliphatic hydroxyl groups is 1. The number of anilines is 1. The second-order valence-electron chi connectivity index (χ2n) is 6.09. The summed E-state index contributed by atoms with van der Waals surface area (Å²) in [5.74, 6) is -11.1. The Balaban J connectivity index is 2.47. The zero-order valence-electron chi connectivity index (χ0n) is 14.4. The lowest BCUT2D eigenvalue weighted by Gasteiger charge is -2.26. The first-order valence-corrected chi connectivity index (χ1v) is 9.56. The van der Waals surface area contributed by atoms with Gasteiger partial charge >= 0.3 is 0 Å². The van der Waals surface area contributed by atoms with Gasteiger partial charge in [-0.05, 0) is 18.1 Å². The van der Waals surface area contributed by atoms with E-state index < -0.39 is 46.7 Å². The van der Waals surface area contributed by atoms with Gasteiger partial charge in [0.1, 0.15) is 11.7 Å². The lowest BCUT2D eigenvalue weighted by molar-refractivity contribution is -0.120. The van der Waals surface area contributed by atoms with Gasteiger partial charge in [0, 0.05) is 18.1 Å². The van der Waals surface area contributed by atoms with Crippen LogP contribution in [-0.4, -0.2) is 51.7 Å². The molecule has 11 heteroatoms. The summed E-state index contributed by atoms with van der Waals surface area (Å²) in [4.78, 5) is 14.5. The summed E-state index contributed by atoms with van der Waals surface area (Å²) in [6.07, 6.45) is 0. The van der Waals surface area contributed by atoms with E-state index in [1.807, 2.05) is 0 Å². The Bertz CT molecular complexity index is 734. The summed E-state index contributed by atoms with van der Waals surface area (Å²) in [7, 11) is 0. The van der Waals surface area contributed by atoms with Crippen LogP contribution in [0, 0.1) is 35.0 Å². The molecular formula is C16H17F5N2O2S2. The highest BCUT2D eigenvalue weighted by Gasteiger charge is 2.47. The number of thiocarbonyl (C=S) groups is 1. The predicted octanol–water partition coefficient (Wildman–Crippen LogP) is 3.07. The normalized spacial score (nSPS) is 17.6. The topological polar surface area (TPSA) is 43.8 Å². The van der Waals surface area contributed by atoms with Gasteiger partial charge < -0.3 is 10.0 Å². The molecule has 1 heterocycles. The fourth-order valence-electron chi connectivity index (χ4n) is 2.81. The first-order chi connectivity index (χ1) is 12.6. The Kier molecular flexibility index (Phi) is 7.03. The number of halogens is 5. The highest BCUT2D eigenvalue weighted by molar-refractivity contribution is 7.99. The third kappa shape index (κ3) is 3.90. The van der Waals surface area contributed by atoms with E-state index in [1.165, 1.54) is 16.7 Å². The summed E-state index contributed by atoms with van der Waals surface area (Å²) >= 11 is 6.50. The van der Waals surface area contributed by atoms with Crippen molar-refractivity contribution in [1.82, 2.24) is 4.90 Å². The van der Waals surface area contributed by atoms with Crippen LogP contribution in [0.15, 0.2) is 0 Å². The number of rotatable bonds is 7. The number of aliphatic hydroxyl groups excluding tert-OH is 1. The van der Waals surface area contributed by atoms with Crippen LogP contribution in [0.1, 0.15) is 13.8 Å². The quantitative estimate of drug-likeness (QED) is 0.238. The van der Waals surface area contributed by atoms with E-state index in [0.29, 0.717) is 16.4 Å². The van der Waals surface area contributed by atoms with Crippen molar-refractivity contribution in [2.75, 3.05) is 29.6 Å².